The third kappa shape index (κ3) is 2.71. The van der Waals surface area contributed by atoms with E-state index < -0.39 is 0 Å². The molecule has 1 saturated heterocycles. The Bertz CT molecular complexity index is 349. The summed E-state index contributed by atoms with van der Waals surface area (Å²) in [7, 11) is 0. The van der Waals surface area contributed by atoms with Gasteiger partial charge in [0.25, 0.3) is 0 Å². The highest BCUT2D eigenvalue weighted by molar-refractivity contribution is 6.30. The van der Waals surface area contributed by atoms with Crippen LogP contribution in [0.2, 0.25) is 5.02 Å². The Kier molecular flexibility index (Phi) is 3.01. The summed E-state index contributed by atoms with van der Waals surface area (Å²) in [6.45, 7) is 6.38. The Morgan fingerprint density at radius 3 is 2.87 bits per heavy atom. The van der Waals surface area contributed by atoms with Crippen LogP contribution in [0.15, 0.2) is 24.3 Å². The van der Waals surface area contributed by atoms with Gasteiger partial charge < -0.3 is 10.6 Å². The molecule has 2 N–H and O–H groups in total. The maximum atomic E-state index is 5.99. The van der Waals surface area contributed by atoms with E-state index in [1.165, 1.54) is 5.56 Å². The van der Waals surface area contributed by atoms with Crippen molar-refractivity contribution in [3.8, 4) is 0 Å². The molecule has 3 heteroatoms. The van der Waals surface area contributed by atoms with Crippen molar-refractivity contribution in [2.24, 2.45) is 0 Å². The molecular formula is C12H17ClN2. The summed E-state index contributed by atoms with van der Waals surface area (Å²) in [6, 6.07) is 8.41. The van der Waals surface area contributed by atoms with Crippen LogP contribution >= 0.6 is 11.6 Å². The molecular weight excluding hydrogens is 208 g/mol. The van der Waals surface area contributed by atoms with Gasteiger partial charge in [-0.05, 0) is 31.5 Å². The van der Waals surface area contributed by atoms with Crippen molar-refractivity contribution in [2.75, 3.05) is 13.1 Å². The molecule has 15 heavy (non-hydrogen) atoms. The van der Waals surface area contributed by atoms with Gasteiger partial charge in [-0.2, -0.15) is 0 Å². The Labute approximate surface area is 96.0 Å². The predicted molar refractivity (Wildman–Crippen MR) is 64.3 cm³/mol. The highest BCUT2D eigenvalue weighted by Gasteiger charge is 2.27. The molecule has 1 fully saturated rings. The third-order valence-electron chi connectivity index (χ3n) is 2.73. The van der Waals surface area contributed by atoms with E-state index in [1.54, 1.807) is 0 Å². The van der Waals surface area contributed by atoms with Crippen LogP contribution in [-0.4, -0.2) is 18.6 Å². The lowest BCUT2D eigenvalue weighted by Gasteiger charge is -2.38. The normalized spacial score (nSPS) is 25.1. The average Bonchev–Trinajstić information content (AvgIpc) is 2.16. The molecule has 2 rings (SSSR count). The first kappa shape index (κ1) is 10.9. The lowest BCUT2D eigenvalue weighted by atomic mass is 9.96. The summed E-state index contributed by atoms with van der Waals surface area (Å²) in [5, 5.41) is 7.86. The van der Waals surface area contributed by atoms with Crippen LogP contribution in [0.1, 0.15) is 25.5 Å². The first-order valence-corrected chi connectivity index (χ1v) is 5.68. The van der Waals surface area contributed by atoms with Crippen molar-refractivity contribution in [3.63, 3.8) is 0 Å². The van der Waals surface area contributed by atoms with Gasteiger partial charge in [-0.25, -0.2) is 0 Å². The maximum absolute atomic E-state index is 5.99. The molecule has 0 aliphatic carbocycles. The molecule has 1 atom stereocenters. The summed E-state index contributed by atoms with van der Waals surface area (Å²) in [5.74, 6) is 0. The minimum atomic E-state index is 0.144. The maximum Gasteiger partial charge on any atom is 0.0451 e. The van der Waals surface area contributed by atoms with Gasteiger partial charge in [0.1, 0.15) is 0 Å². The van der Waals surface area contributed by atoms with Gasteiger partial charge in [-0.15, -0.1) is 0 Å². The smallest absolute Gasteiger partial charge is 0.0451 e. The molecule has 1 aliphatic rings. The van der Waals surface area contributed by atoms with E-state index in [0.29, 0.717) is 6.04 Å². The quantitative estimate of drug-likeness (QED) is 0.766. The van der Waals surface area contributed by atoms with Crippen LogP contribution in [0.25, 0.3) is 0 Å². The van der Waals surface area contributed by atoms with E-state index in [-0.39, 0.29) is 5.54 Å². The van der Waals surface area contributed by atoms with Gasteiger partial charge in [-0.1, -0.05) is 23.7 Å². The average molecular weight is 225 g/mol. The second-order valence-corrected chi connectivity index (χ2v) is 5.20. The SMILES string of the molecule is CC1(C)CNCC(c2cccc(Cl)c2)N1. The zero-order valence-corrected chi connectivity index (χ0v) is 9.93. The van der Waals surface area contributed by atoms with E-state index >= 15 is 0 Å². The molecule has 0 aromatic heterocycles. The van der Waals surface area contributed by atoms with E-state index in [2.05, 4.69) is 30.5 Å². The predicted octanol–water partition coefficient (Wildman–Crippen LogP) is 2.35. The highest BCUT2D eigenvalue weighted by Crippen LogP contribution is 2.22. The zero-order chi connectivity index (χ0) is 10.9. The van der Waals surface area contributed by atoms with Crippen LogP contribution < -0.4 is 10.6 Å². The van der Waals surface area contributed by atoms with E-state index in [0.717, 1.165) is 18.1 Å². The topological polar surface area (TPSA) is 24.1 Å². The third-order valence-corrected chi connectivity index (χ3v) is 2.97. The van der Waals surface area contributed by atoms with Gasteiger partial charge in [0.15, 0.2) is 0 Å². The molecule has 0 bridgehead atoms. The second-order valence-electron chi connectivity index (χ2n) is 4.77. The number of hydrogen-bond donors (Lipinski definition) is 2. The lowest BCUT2D eigenvalue weighted by Crippen LogP contribution is -2.56. The number of piperazine rings is 1. The van der Waals surface area contributed by atoms with Crippen molar-refractivity contribution in [2.45, 2.75) is 25.4 Å². The van der Waals surface area contributed by atoms with Gasteiger partial charge in [0.2, 0.25) is 0 Å². The monoisotopic (exact) mass is 224 g/mol. The Morgan fingerprint density at radius 1 is 1.40 bits per heavy atom. The summed E-state index contributed by atoms with van der Waals surface area (Å²) in [5.41, 5.74) is 1.40. The van der Waals surface area contributed by atoms with Gasteiger partial charge in [-0.3, -0.25) is 0 Å². The number of halogens is 1. The molecule has 1 aromatic rings. The molecule has 1 heterocycles. The summed E-state index contributed by atoms with van der Waals surface area (Å²) in [6.07, 6.45) is 0. The molecule has 0 spiro atoms. The van der Waals surface area contributed by atoms with Crippen LogP contribution in [0, 0.1) is 0 Å². The van der Waals surface area contributed by atoms with Gasteiger partial charge >= 0.3 is 0 Å². The molecule has 1 aliphatic heterocycles. The first-order chi connectivity index (χ1) is 7.07. The van der Waals surface area contributed by atoms with Crippen molar-refractivity contribution < 1.29 is 0 Å². The number of hydrogen-bond acceptors (Lipinski definition) is 2. The van der Waals surface area contributed by atoms with Crippen LogP contribution in [0.4, 0.5) is 0 Å². The number of nitrogens with one attached hydrogen (secondary N) is 2. The fraction of sp³-hybridized carbons (Fsp3) is 0.500. The molecule has 1 aromatic carbocycles. The molecule has 0 radical (unpaired) electrons. The van der Waals surface area contributed by atoms with Crippen molar-refractivity contribution >= 4 is 11.6 Å². The van der Waals surface area contributed by atoms with E-state index in [4.69, 9.17) is 11.6 Å². The molecule has 0 amide bonds. The number of rotatable bonds is 1. The minimum Gasteiger partial charge on any atom is -0.313 e. The van der Waals surface area contributed by atoms with E-state index in [9.17, 15) is 0 Å². The second kappa shape index (κ2) is 4.12. The number of benzene rings is 1. The molecule has 82 valence electrons. The Balaban J connectivity index is 2.17. The standard InChI is InChI=1S/C12H17ClN2/c1-12(2)8-14-7-11(15-12)9-4-3-5-10(13)6-9/h3-6,11,14-15H,7-8H2,1-2H3. The summed E-state index contributed by atoms with van der Waals surface area (Å²) >= 11 is 5.99. The Morgan fingerprint density at radius 2 is 2.20 bits per heavy atom. The van der Waals surface area contributed by atoms with Crippen molar-refractivity contribution in [1.29, 1.82) is 0 Å². The molecule has 0 saturated carbocycles. The highest BCUT2D eigenvalue weighted by atomic mass is 35.5. The fourth-order valence-electron chi connectivity index (χ4n) is 2.03. The molecule has 2 nitrogen and oxygen atoms in total. The minimum absolute atomic E-state index is 0.144. The van der Waals surface area contributed by atoms with Gasteiger partial charge in [0, 0.05) is 29.7 Å². The van der Waals surface area contributed by atoms with Gasteiger partial charge in [0.05, 0.1) is 0 Å². The lowest BCUT2D eigenvalue weighted by molar-refractivity contribution is 0.264. The summed E-state index contributed by atoms with van der Waals surface area (Å²) < 4.78 is 0. The van der Waals surface area contributed by atoms with Crippen LogP contribution in [-0.2, 0) is 0 Å². The zero-order valence-electron chi connectivity index (χ0n) is 9.18. The Hall–Kier alpha value is -0.570. The van der Waals surface area contributed by atoms with Crippen LogP contribution in [0.3, 0.4) is 0 Å². The summed E-state index contributed by atoms with van der Waals surface area (Å²) in [4.78, 5) is 0. The fourth-order valence-corrected chi connectivity index (χ4v) is 2.23. The molecule has 1 unspecified atom stereocenters. The van der Waals surface area contributed by atoms with Crippen molar-refractivity contribution in [3.05, 3.63) is 34.9 Å². The van der Waals surface area contributed by atoms with Crippen molar-refractivity contribution in [1.82, 2.24) is 10.6 Å². The first-order valence-electron chi connectivity index (χ1n) is 5.31. The van der Waals surface area contributed by atoms with Crippen LogP contribution in [0.5, 0.6) is 0 Å². The largest absolute Gasteiger partial charge is 0.313 e. The van der Waals surface area contributed by atoms with E-state index in [1.807, 2.05) is 18.2 Å².